The van der Waals surface area contributed by atoms with Gasteiger partial charge in [0, 0.05) is 19.0 Å². The average molecular weight is 320 g/mol. The third-order valence-electron chi connectivity index (χ3n) is 2.67. The summed E-state index contributed by atoms with van der Waals surface area (Å²) in [5, 5.41) is 0. The summed E-state index contributed by atoms with van der Waals surface area (Å²) in [7, 11) is -3.57. The Kier molecular flexibility index (Phi) is 4.72. The largest absolute Gasteiger partial charge is 0.245 e. The molecule has 0 atom stereocenters. The Morgan fingerprint density at radius 3 is 2.79 bits per heavy atom. The highest BCUT2D eigenvalue weighted by Gasteiger charge is 2.26. The molecule has 0 aliphatic rings. The summed E-state index contributed by atoms with van der Waals surface area (Å²) >= 11 is 6.70. The molecular weight excluding hydrogens is 306 g/mol. The van der Waals surface area contributed by atoms with E-state index in [2.05, 4.69) is 8.75 Å². The molecular formula is C11H14ClN3O2S2. The average Bonchev–Trinajstić information content (AvgIpc) is 2.86. The highest BCUT2D eigenvalue weighted by Crippen LogP contribution is 2.24. The van der Waals surface area contributed by atoms with Crippen LogP contribution in [0, 0.1) is 0 Å². The van der Waals surface area contributed by atoms with Gasteiger partial charge in [-0.2, -0.15) is 13.1 Å². The Balaban J connectivity index is 2.50. The van der Waals surface area contributed by atoms with Crippen LogP contribution in [0.2, 0.25) is 0 Å². The summed E-state index contributed by atoms with van der Waals surface area (Å²) in [6, 6.07) is 5.00. The number of sulfonamides is 1. The van der Waals surface area contributed by atoms with Gasteiger partial charge in [0.1, 0.15) is 15.9 Å². The molecule has 0 unspecified atom stereocenters. The molecule has 1 aromatic carbocycles. The molecule has 8 heteroatoms. The van der Waals surface area contributed by atoms with E-state index in [0.717, 1.165) is 18.1 Å². The SMILES string of the molecule is CCCN(CCCl)S(=O)(=O)c1cccc2nsnc12. The minimum Gasteiger partial charge on any atom is -0.207 e. The van der Waals surface area contributed by atoms with Gasteiger partial charge in [0.15, 0.2) is 0 Å². The zero-order chi connectivity index (χ0) is 13.9. The first-order valence-corrected chi connectivity index (χ1v) is 8.59. The third kappa shape index (κ3) is 2.89. The predicted molar refractivity (Wildman–Crippen MR) is 77.2 cm³/mol. The van der Waals surface area contributed by atoms with Gasteiger partial charge in [-0.15, -0.1) is 11.6 Å². The van der Waals surface area contributed by atoms with E-state index in [1.54, 1.807) is 18.2 Å². The number of alkyl halides is 1. The van der Waals surface area contributed by atoms with E-state index in [4.69, 9.17) is 11.6 Å². The standard InChI is InChI=1S/C11H14ClN3O2S2/c1-2-7-15(8-6-12)19(16,17)10-5-3-4-9-11(10)14-18-13-9/h3-5H,2,6-8H2,1H3. The van der Waals surface area contributed by atoms with Crippen LogP contribution in [0.5, 0.6) is 0 Å². The van der Waals surface area contributed by atoms with E-state index in [0.29, 0.717) is 24.1 Å². The van der Waals surface area contributed by atoms with Crippen molar-refractivity contribution in [2.75, 3.05) is 19.0 Å². The van der Waals surface area contributed by atoms with Crippen molar-refractivity contribution in [2.24, 2.45) is 0 Å². The van der Waals surface area contributed by atoms with Crippen molar-refractivity contribution < 1.29 is 8.42 Å². The zero-order valence-corrected chi connectivity index (χ0v) is 12.8. The first kappa shape index (κ1) is 14.6. The van der Waals surface area contributed by atoms with Crippen LogP contribution in [-0.2, 0) is 10.0 Å². The second kappa shape index (κ2) is 6.13. The molecule has 2 aromatic rings. The van der Waals surface area contributed by atoms with Gasteiger partial charge in [-0.3, -0.25) is 0 Å². The maximum Gasteiger partial charge on any atom is 0.245 e. The van der Waals surface area contributed by atoms with E-state index in [-0.39, 0.29) is 10.8 Å². The molecule has 1 aromatic heterocycles. The zero-order valence-electron chi connectivity index (χ0n) is 10.4. The Morgan fingerprint density at radius 2 is 2.11 bits per heavy atom. The van der Waals surface area contributed by atoms with Crippen LogP contribution in [-0.4, -0.2) is 40.4 Å². The van der Waals surface area contributed by atoms with Crippen molar-refractivity contribution in [1.29, 1.82) is 0 Å². The van der Waals surface area contributed by atoms with Crippen LogP contribution in [0.3, 0.4) is 0 Å². The molecule has 0 fully saturated rings. The minimum absolute atomic E-state index is 0.206. The van der Waals surface area contributed by atoms with E-state index >= 15 is 0 Å². The number of hydrogen-bond donors (Lipinski definition) is 0. The molecule has 5 nitrogen and oxygen atoms in total. The van der Waals surface area contributed by atoms with Crippen LogP contribution < -0.4 is 0 Å². The van der Waals surface area contributed by atoms with Crippen molar-refractivity contribution in [3.63, 3.8) is 0 Å². The lowest BCUT2D eigenvalue weighted by molar-refractivity contribution is 0.429. The molecule has 0 saturated carbocycles. The molecule has 104 valence electrons. The number of nitrogens with zero attached hydrogens (tertiary/aromatic N) is 3. The van der Waals surface area contributed by atoms with E-state index in [1.807, 2.05) is 6.92 Å². The summed E-state index contributed by atoms with van der Waals surface area (Å²) < 4.78 is 34.8. The van der Waals surface area contributed by atoms with Gasteiger partial charge in [0.25, 0.3) is 0 Å². The summed E-state index contributed by atoms with van der Waals surface area (Å²) in [4.78, 5) is 0.206. The van der Waals surface area contributed by atoms with Gasteiger partial charge in [0.2, 0.25) is 10.0 Å². The summed E-state index contributed by atoms with van der Waals surface area (Å²) in [5.41, 5.74) is 1.04. The molecule has 2 rings (SSSR count). The molecule has 0 radical (unpaired) electrons. The van der Waals surface area contributed by atoms with Crippen LogP contribution in [0.15, 0.2) is 23.1 Å². The monoisotopic (exact) mass is 319 g/mol. The topological polar surface area (TPSA) is 63.2 Å². The smallest absolute Gasteiger partial charge is 0.207 e. The maximum absolute atomic E-state index is 12.6. The van der Waals surface area contributed by atoms with Crippen molar-refractivity contribution in [2.45, 2.75) is 18.2 Å². The molecule has 1 heterocycles. The molecule has 19 heavy (non-hydrogen) atoms. The first-order valence-electron chi connectivity index (χ1n) is 5.88. The number of aromatic nitrogens is 2. The molecule has 0 saturated heterocycles. The van der Waals surface area contributed by atoms with Crippen LogP contribution in [0.25, 0.3) is 11.0 Å². The normalized spacial score (nSPS) is 12.4. The van der Waals surface area contributed by atoms with Crippen molar-refractivity contribution in [3.8, 4) is 0 Å². The molecule has 0 aliphatic heterocycles. The highest BCUT2D eigenvalue weighted by atomic mass is 35.5. The third-order valence-corrected chi connectivity index (χ3v) is 5.32. The van der Waals surface area contributed by atoms with Crippen LogP contribution >= 0.6 is 23.3 Å². The van der Waals surface area contributed by atoms with Crippen molar-refractivity contribution in [3.05, 3.63) is 18.2 Å². The first-order chi connectivity index (χ1) is 9.11. The van der Waals surface area contributed by atoms with Gasteiger partial charge in [-0.05, 0) is 18.6 Å². The highest BCUT2D eigenvalue weighted by molar-refractivity contribution is 7.89. The Morgan fingerprint density at radius 1 is 1.32 bits per heavy atom. The van der Waals surface area contributed by atoms with Crippen molar-refractivity contribution >= 4 is 44.4 Å². The molecule has 0 spiro atoms. The number of fused-ring (bicyclic) bond motifs is 1. The molecule has 0 bridgehead atoms. The number of halogens is 1. The fraction of sp³-hybridized carbons (Fsp3) is 0.455. The predicted octanol–water partition coefficient (Wildman–Crippen LogP) is 2.33. The molecule has 0 aliphatic carbocycles. The van der Waals surface area contributed by atoms with Gasteiger partial charge in [-0.1, -0.05) is 13.0 Å². The number of rotatable bonds is 6. The summed E-state index contributed by atoms with van der Waals surface area (Å²) in [6.07, 6.45) is 0.738. The van der Waals surface area contributed by atoms with E-state index < -0.39 is 10.0 Å². The lowest BCUT2D eigenvalue weighted by atomic mass is 10.3. The van der Waals surface area contributed by atoms with Gasteiger partial charge >= 0.3 is 0 Å². The quantitative estimate of drug-likeness (QED) is 0.767. The summed E-state index contributed by atoms with van der Waals surface area (Å²) in [6.45, 7) is 2.68. The van der Waals surface area contributed by atoms with E-state index in [9.17, 15) is 8.42 Å². The van der Waals surface area contributed by atoms with Gasteiger partial charge in [-0.25, -0.2) is 8.42 Å². The number of benzene rings is 1. The van der Waals surface area contributed by atoms with Crippen LogP contribution in [0.1, 0.15) is 13.3 Å². The fourth-order valence-corrected chi connectivity index (χ4v) is 4.41. The second-order valence-corrected chi connectivity index (χ2v) is 6.79. The Labute approximate surface area is 121 Å². The molecule has 0 N–H and O–H groups in total. The lowest BCUT2D eigenvalue weighted by Gasteiger charge is -2.20. The second-order valence-electron chi connectivity index (χ2n) is 3.98. The van der Waals surface area contributed by atoms with Crippen molar-refractivity contribution in [1.82, 2.24) is 13.1 Å². The molecule has 0 amide bonds. The Hall–Kier alpha value is -0.760. The number of hydrogen-bond acceptors (Lipinski definition) is 5. The van der Waals surface area contributed by atoms with E-state index in [1.165, 1.54) is 4.31 Å². The fourth-order valence-electron chi connectivity index (χ4n) is 1.82. The lowest BCUT2D eigenvalue weighted by Crippen LogP contribution is -2.33. The minimum atomic E-state index is -3.57. The van der Waals surface area contributed by atoms with Gasteiger partial charge in [0.05, 0.1) is 11.7 Å². The maximum atomic E-state index is 12.6. The Bertz CT molecular complexity index is 651. The summed E-state index contributed by atoms with van der Waals surface area (Å²) in [5.74, 6) is 0.268. The van der Waals surface area contributed by atoms with Crippen LogP contribution in [0.4, 0.5) is 0 Å². The van der Waals surface area contributed by atoms with Gasteiger partial charge < -0.3 is 0 Å².